The van der Waals surface area contributed by atoms with Crippen LogP contribution >= 0.6 is 11.6 Å². The number of hydrogen-bond donors (Lipinski definition) is 1. The monoisotopic (exact) mass is 290 g/mol. The molecule has 3 rings (SSSR count). The zero-order valence-corrected chi connectivity index (χ0v) is 12.4. The van der Waals surface area contributed by atoms with E-state index in [1.165, 1.54) is 18.4 Å². The zero-order valence-electron chi connectivity index (χ0n) is 11.6. The Kier molecular flexibility index (Phi) is 4.03. The molecule has 5 heteroatoms. The summed E-state index contributed by atoms with van der Waals surface area (Å²) in [6.45, 7) is 4.73. The van der Waals surface area contributed by atoms with Crippen molar-refractivity contribution in [2.45, 2.75) is 38.8 Å². The predicted molar refractivity (Wildman–Crippen MR) is 79.9 cm³/mol. The summed E-state index contributed by atoms with van der Waals surface area (Å²) < 4.78 is 2.16. The minimum Gasteiger partial charge on any atom is -0.316 e. The van der Waals surface area contributed by atoms with Gasteiger partial charge in [0, 0.05) is 30.6 Å². The van der Waals surface area contributed by atoms with Crippen molar-refractivity contribution in [2.24, 2.45) is 0 Å². The van der Waals surface area contributed by atoms with Gasteiger partial charge in [0.25, 0.3) is 0 Å². The van der Waals surface area contributed by atoms with Gasteiger partial charge < -0.3 is 9.88 Å². The van der Waals surface area contributed by atoms with Gasteiger partial charge in [0.05, 0.1) is 0 Å². The molecule has 0 aliphatic heterocycles. The molecule has 1 fully saturated rings. The Morgan fingerprint density at radius 2 is 2.25 bits per heavy atom. The number of hydrogen-bond acceptors (Lipinski definition) is 3. The van der Waals surface area contributed by atoms with Crippen molar-refractivity contribution < 1.29 is 0 Å². The van der Waals surface area contributed by atoms with Gasteiger partial charge >= 0.3 is 0 Å². The van der Waals surface area contributed by atoms with E-state index in [9.17, 15) is 0 Å². The molecule has 0 spiro atoms. The molecule has 1 saturated carbocycles. The molecule has 0 atom stereocenters. The zero-order chi connectivity index (χ0) is 13.9. The molecule has 0 unspecified atom stereocenters. The highest BCUT2D eigenvalue weighted by molar-refractivity contribution is 6.31. The molecule has 1 aromatic heterocycles. The lowest BCUT2D eigenvalue weighted by Crippen LogP contribution is -2.20. The molecule has 2 aromatic rings. The van der Waals surface area contributed by atoms with E-state index < -0.39 is 0 Å². The van der Waals surface area contributed by atoms with Crippen LogP contribution < -0.4 is 5.32 Å². The van der Waals surface area contributed by atoms with Crippen LogP contribution in [-0.4, -0.2) is 21.3 Å². The molecule has 0 amide bonds. The van der Waals surface area contributed by atoms with E-state index in [-0.39, 0.29) is 0 Å². The Bertz CT molecular complexity index is 589. The Morgan fingerprint density at radius 3 is 3.00 bits per heavy atom. The first-order valence-electron chi connectivity index (χ1n) is 7.07. The predicted octanol–water partition coefficient (Wildman–Crippen LogP) is 2.91. The van der Waals surface area contributed by atoms with E-state index in [0.29, 0.717) is 5.92 Å². The second-order valence-electron chi connectivity index (χ2n) is 5.42. The normalized spacial score (nSPS) is 14.7. The molecule has 20 heavy (non-hydrogen) atoms. The van der Waals surface area contributed by atoms with E-state index in [0.717, 1.165) is 36.0 Å². The lowest BCUT2D eigenvalue weighted by Gasteiger charge is -2.08. The van der Waals surface area contributed by atoms with E-state index in [1.54, 1.807) is 0 Å². The molecule has 1 N–H and O–H groups in total. The van der Waals surface area contributed by atoms with E-state index in [4.69, 9.17) is 11.6 Å². The molecular formula is C15H19ClN4. The smallest absolute Gasteiger partial charge is 0.135 e. The third-order valence-corrected chi connectivity index (χ3v) is 4.09. The fourth-order valence-corrected chi connectivity index (χ4v) is 2.46. The quantitative estimate of drug-likeness (QED) is 0.832. The number of nitrogens with one attached hydrogen (secondary N) is 1. The van der Waals surface area contributed by atoms with Crippen molar-refractivity contribution in [2.75, 3.05) is 6.54 Å². The SMILES string of the molecule is Cc1cc(CNCCn2cnnc2C2CC2)ccc1Cl. The second-order valence-corrected chi connectivity index (χ2v) is 5.82. The second kappa shape index (κ2) is 5.94. The summed E-state index contributed by atoms with van der Waals surface area (Å²) in [6.07, 6.45) is 4.36. The number of nitrogens with zero attached hydrogens (tertiary/aromatic N) is 3. The Morgan fingerprint density at radius 1 is 1.40 bits per heavy atom. The summed E-state index contributed by atoms with van der Waals surface area (Å²) >= 11 is 6.02. The van der Waals surface area contributed by atoms with Gasteiger partial charge in [-0.1, -0.05) is 23.7 Å². The van der Waals surface area contributed by atoms with Crippen LogP contribution in [0, 0.1) is 6.92 Å². The number of aryl methyl sites for hydroxylation is 1. The van der Waals surface area contributed by atoms with Crippen molar-refractivity contribution in [1.29, 1.82) is 0 Å². The maximum absolute atomic E-state index is 6.02. The molecule has 0 bridgehead atoms. The average molecular weight is 291 g/mol. The summed E-state index contributed by atoms with van der Waals surface area (Å²) in [5, 5.41) is 12.5. The molecule has 1 heterocycles. The van der Waals surface area contributed by atoms with Gasteiger partial charge in [-0.3, -0.25) is 0 Å². The number of benzene rings is 1. The van der Waals surface area contributed by atoms with Crippen LogP contribution in [0.15, 0.2) is 24.5 Å². The lowest BCUT2D eigenvalue weighted by atomic mass is 10.1. The van der Waals surface area contributed by atoms with Crippen molar-refractivity contribution in [3.05, 3.63) is 46.5 Å². The maximum Gasteiger partial charge on any atom is 0.135 e. The summed E-state index contributed by atoms with van der Waals surface area (Å²) in [5.74, 6) is 1.80. The Labute approximate surface area is 124 Å². The third-order valence-electron chi connectivity index (χ3n) is 3.67. The summed E-state index contributed by atoms with van der Waals surface area (Å²) in [6, 6.07) is 6.15. The van der Waals surface area contributed by atoms with Gasteiger partial charge in [-0.15, -0.1) is 10.2 Å². The highest BCUT2D eigenvalue weighted by Gasteiger charge is 2.28. The number of aromatic nitrogens is 3. The van der Waals surface area contributed by atoms with Crippen LogP contribution in [-0.2, 0) is 13.1 Å². The summed E-state index contributed by atoms with van der Waals surface area (Å²) in [7, 11) is 0. The van der Waals surface area contributed by atoms with Crippen molar-refractivity contribution in [3.63, 3.8) is 0 Å². The minimum absolute atomic E-state index is 0.649. The number of halogens is 1. The Balaban J connectivity index is 1.48. The van der Waals surface area contributed by atoms with E-state index in [2.05, 4.69) is 32.2 Å². The Hall–Kier alpha value is -1.39. The summed E-state index contributed by atoms with van der Waals surface area (Å²) in [4.78, 5) is 0. The van der Waals surface area contributed by atoms with Gasteiger partial charge in [-0.2, -0.15) is 0 Å². The molecule has 4 nitrogen and oxygen atoms in total. The maximum atomic E-state index is 6.02. The molecule has 0 radical (unpaired) electrons. The lowest BCUT2D eigenvalue weighted by molar-refractivity contribution is 0.579. The van der Waals surface area contributed by atoms with Crippen LogP contribution in [0.25, 0.3) is 0 Å². The van der Waals surface area contributed by atoms with Crippen LogP contribution in [0.5, 0.6) is 0 Å². The molecule has 0 saturated heterocycles. The van der Waals surface area contributed by atoms with Crippen LogP contribution in [0.4, 0.5) is 0 Å². The molecule has 1 aliphatic carbocycles. The van der Waals surface area contributed by atoms with Gasteiger partial charge in [0.2, 0.25) is 0 Å². The van der Waals surface area contributed by atoms with E-state index >= 15 is 0 Å². The molecular weight excluding hydrogens is 272 g/mol. The molecule has 1 aliphatic rings. The summed E-state index contributed by atoms with van der Waals surface area (Å²) in [5.41, 5.74) is 2.39. The fraction of sp³-hybridized carbons (Fsp3) is 0.467. The first-order chi connectivity index (χ1) is 9.74. The standard InChI is InChI=1S/C15H19ClN4/c1-11-8-12(2-5-14(11)16)9-17-6-7-20-10-18-19-15(20)13-3-4-13/h2,5,8,10,13,17H,3-4,6-7,9H2,1H3. The molecule has 106 valence electrons. The van der Waals surface area contributed by atoms with Crippen molar-refractivity contribution >= 4 is 11.6 Å². The highest BCUT2D eigenvalue weighted by Crippen LogP contribution is 2.38. The van der Waals surface area contributed by atoms with Gasteiger partial charge in [-0.25, -0.2) is 0 Å². The third kappa shape index (κ3) is 3.19. The van der Waals surface area contributed by atoms with Gasteiger partial charge in [-0.05, 0) is 37.0 Å². The first-order valence-corrected chi connectivity index (χ1v) is 7.45. The van der Waals surface area contributed by atoms with E-state index in [1.807, 2.05) is 19.3 Å². The average Bonchev–Trinajstić information content (AvgIpc) is 3.18. The first kappa shape index (κ1) is 13.6. The topological polar surface area (TPSA) is 42.7 Å². The van der Waals surface area contributed by atoms with Gasteiger partial charge in [0.15, 0.2) is 0 Å². The van der Waals surface area contributed by atoms with Gasteiger partial charge in [0.1, 0.15) is 12.2 Å². The van der Waals surface area contributed by atoms with Crippen molar-refractivity contribution in [1.82, 2.24) is 20.1 Å². The highest BCUT2D eigenvalue weighted by atomic mass is 35.5. The largest absolute Gasteiger partial charge is 0.316 e. The van der Waals surface area contributed by atoms with Crippen molar-refractivity contribution in [3.8, 4) is 0 Å². The van der Waals surface area contributed by atoms with Crippen LogP contribution in [0.3, 0.4) is 0 Å². The number of rotatable bonds is 6. The van der Waals surface area contributed by atoms with Crippen LogP contribution in [0.2, 0.25) is 5.02 Å². The van der Waals surface area contributed by atoms with Crippen LogP contribution in [0.1, 0.15) is 35.7 Å². The molecule has 1 aromatic carbocycles. The minimum atomic E-state index is 0.649. The fourth-order valence-electron chi connectivity index (χ4n) is 2.34.